The fraction of sp³-hybridized carbons (Fsp3) is 0.143. The highest BCUT2D eigenvalue weighted by atomic mass is 32.2. The normalized spacial score (nSPS) is 17.4. The summed E-state index contributed by atoms with van der Waals surface area (Å²) in [5.41, 5.74) is 0. The summed E-state index contributed by atoms with van der Waals surface area (Å²) in [5, 5.41) is 0. The highest BCUT2D eigenvalue weighted by Crippen LogP contribution is 2.12. The monoisotopic (exact) mass is 187 g/mol. The molecule has 0 unspecified atom stereocenters. The van der Waals surface area contributed by atoms with Gasteiger partial charge in [-0.25, -0.2) is 0 Å². The van der Waals surface area contributed by atoms with E-state index in [2.05, 4.69) is 6.58 Å². The minimum Gasteiger partial charge on any atom is -0.350 e. The number of hydrogen-bond donors (Lipinski definition) is 1. The van der Waals surface area contributed by atoms with Crippen molar-refractivity contribution in [1.82, 2.24) is 4.90 Å². The largest absolute Gasteiger partial charge is 0.350 e. The second-order valence-electron chi connectivity index (χ2n) is 2.29. The first-order chi connectivity index (χ1) is 5.54. The number of allylic oxidation sites excluding steroid dienone is 1. The molecule has 1 N–H and O–H groups in total. The predicted molar refractivity (Wildman–Crippen MR) is 45.7 cm³/mol. The van der Waals surface area contributed by atoms with Gasteiger partial charge in [0.25, 0.3) is 10.1 Å². The lowest BCUT2D eigenvalue weighted by Crippen LogP contribution is -2.15. The molecule has 4 nitrogen and oxygen atoms in total. The van der Waals surface area contributed by atoms with Gasteiger partial charge in [-0.05, 0) is 12.3 Å². The van der Waals surface area contributed by atoms with Gasteiger partial charge in [-0.15, -0.1) is 0 Å². The molecular weight excluding hydrogens is 178 g/mol. The van der Waals surface area contributed by atoms with E-state index in [4.69, 9.17) is 4.55 Å². The van der Waals surface area contributed by atoms with Crippen LogP contribution in [-0.2, 0) is 10.1 Å². The van der Waals surface area contributed by atoms with Gasteiger partial charge in [0.2, 0.25) is 0 Å². The molecule has 1 aliphatic rings. The van der Waals surface area contributed by atoms with E-state index >= 15 is 0 Å². The van der Waals surface area contributed by atoms with Crippen LogP contribution < -0.4 is 0 Å². The third kappa shape index (κ3) is 1.96. The zero-order chi connectivity index (χ0) is 9.19. The maximum Gasteiger partial charge on any atom is 0.295 e. The molecule has 0 bridgehead atoms. The van der Waals surface area contributed by atoms with Crippen LogP contribution in [0, 0.1) is 0 Å². The number of hydrogen-bond acceptors (Lipinski definition) is 3. The van der Waals surface area contributed by atoms with E-state index in [0.717, 1.165) is 0 Å². The molecule has 0 aliphatic carbocycles. The van der Waals surface area contributed by atoms with Crippen molar-refractivity contribution >= 4 is 10.1 Å². The quantitative estimate of drug-likeness (QED) is 0.647. The van der Waals surface area contributed by atoms with Gasteiger partial charge >= 0.3 is 0 Å². The smallest absolute Gasteiger partial charge is 0.295 e. The third-order valence-electron chi connectivity index (χ3n) is 1.42. The van der Waals surface area contributed by atoms with E-state index in [1.54, 1.807) is 11.0 Å². The second-order valence-corrected chi connectivity index (χ2v) is 3.71. The number of nitrogens with zero attached hydrogens (tertiary/aromatic N) is 1. The molecule has 1 aliphatic heterocycles. The molecular formula is C7H9NO3S. The van der Waals surface area contributed by atoms with Crippen LogP contribution in [0.5, 0.6) is 0 Å². The van der Waals surface area contributed by atoms with E-state index < -0.39 is 10.1 Å². The zero-order valence-corrected chi connectivity index (χ0v) is 7.16. The summed E-state index contributed by atoms with van der Waals surface area (Å²) in [6.07, 6.45) is 5.79. The van der Waals surface area contributed by atoms with Crippen LogP contribution in [0.2, 0.25) is 0 Å². The standard InChI is InChI=1S/C7H9NO3S/c1-2-8-5-3-4-7(6-8)12(9,10)11/h2-4,6H,1,5H2,(H,9,10,11). The minimum absolute atomic E-state index is 0.117. The summed E-state index contributed by atoms with van der Waals surface area (Å²) < 4.78 is 29.9. The third-order valence-corrected chi connectivity index (χ3v) is 2.26. The highest BCUT2D eigenvalue weighted by molar-refractivity contribution is 7.90. The van der Waals surface area contributed by atoms with Gasteiger partial charge in [-0.1, -0.05) is 12.7 Å². The average molecular weight is 187 g/mol. The molecule has 0 radical (unpaired) electrons. The molecule has 0 atom stereocenters. The van der Waals surface area contributed by atoms with E-state index in [1.165, 1.54) is 18.5 Å². The molecule has 12 heavy (non-hydrogen) atoms. The van der Waals surface area contributed by atoms with Gasteiger partial charge in [-0.3, -0.25) is 4.55 Å². The summed E-state index contributed by atoms with van der Waals surface area (Å²) in [6, 6.07) is 0. The molecule has 1 heterocycles. The lowest BCUT2D eigenvalue weighted by atomic mass is 10.4. The molecule has 1 rings (SSSR count). The van der Waals surface area contributed by atoms with E-state index in [1.807, 2.05) is 0 Å². The molecule has 0 aromatic rings. The van der Waals surface area contributed by atoms with Gasteiger partial charge in [-0.2, -0.15) is 8.42 Å². The molecule has 0 aromatic heterocycles. The summed E-state index contributed by atoms with van der Waals surface area (Å²) >= 11 is 0. The van der Waals surface area contributed by atoms with Crippen LogP contribution in [0.25, 0.3) is 0 Å². The fourth-order valence-corrected chi connectivity index (χ4v) is 1.37. The summed E-state index contributed by atoms with van der Waals surface area (Å²) in [5.74, 6) is 0. The Kier molecular flexibility index (Phi) is 2.35. The highest BCUT2D eigenvalue weighted by Gasteiger charge is 2.13. The Morgan fingerprint density at radius 2 is 2.33 bits per heavy atom. The van der Waals surface area contributed by atoms with Gasteiger partial charge < -0.3 is 4.90 Å². The summed E-state index contributed by atoms with van der Waals surface area (Å²) in [6.45, 7) is 4.04. The Hall–Kier alpha value is -1.07. The van der Waals surface area contributed by atoms with Gasteiger partial charge in [0.15, 0.2) is 0 Å². The zero-order valence-electron chi connectivity index (χ0n) is 6.34. The lowest BCUT2D eigenvalue weighted by molar-refractivity contribution is 0.488. The molecule has 0 fully saturated rings. The molecule has 0 spiro atoms. The first kappa shape index (κ1) is 9.02. The Labute approximate surface area is 71.2 Å². The van der Waals surface area contributed by atoms with Crippen molar-refractivity contribution in [2.75, 3.05) is 6.54 Å². The van der Waals surface area contributed by atoms with Crippen LogP contribution in [0.1, 0.15) is 0 Å². The maximum absolute atomic E-state index is 10.6. The minimum atomic E-state index is -4.08. The van der Waals surface area contributed by atoms with Crippen molar-refractivity contribution in [1.29, 1.82) is 0 Å². The predicted octanol–water partition coefficient (Wildman–Crippen LogP) is 0.731. The van der Waals surface area contributed by atoms with Crippen molar-refractivity contribution in [2.45, 2.75) is 0 Å². The topological polar surface area (TPSA) is 57.6 Å². The number of rotatable bonds is 2. The molecule has 66 valence electrons. The molecule has 5 heteroatoms. The molecule has 0 saturated carbocycles. The van der Waals surface area contributed by atoms with Crippen molar-refractivity contribution in [2.24, 2.45) is 0 Å². The maximum atomic E-state index is 10.6. The van der Waals surface area contributed by atoms with E-state index in [-0.39, 0.29) is 4.91 Å². The lowest BCUT2D eigenvalue weighted by Gasteiger charge is -2.16. The van der Waals surface area contributed by atoms with Crippen molar-refractivity contribution in [3.63, 3.8) is 0 Å². The van der Waals surface area contributed by atoms with Crippen LogP contribution in [-0.4, -0.2) is 24.4 Å². The molecule has 0 aromatic carbocycles. The Morgan fingerprint density at radius 3 is 2.83 bits per heavy atom. The van der Waals surface area contributed by atoms with Gasteiger partial charge in [0, 0.05) is 12.7 Å². The first-order valence-corrected chi connectivity index (χ1v) is 4.72. The van der Waals surface area contributed by atoms with Crippen molar-refractivity contribution < 1.29 is 13.0 Å². The second kappa shape index (κ2) is 3.12. The SMILES string of the molecule is C=CN1C=C(S(=O)(=O)O)C=CC1. The Morgan fingerprint density at radius 1 is 1.67 bits per heavy atom. The van der Waals surface area contributed by atoms with Crippen molar-refractivity contribution in [3.05, 3.63) is 36.0 Å². The fourth-order valence-electron chi connectivity index (χ4n) is 0.830. The summed E-state index contributed by atoms with van der Waals surface area (Å²) in [4.78, 5) is 1.44. The van der Waals surface area contributed by atoms with Crippen LogP contribution >= 0.6 is 0 Å². The van der Waals surface area contributed by atoms with E-state index in [0.29, 0.717) is 6.54 Å². The van der Waals surface area contributed by atoms with Gasteiger partial charge in [0.1, 0.15) is 4.91 Å². The van der Waals surface area contributed by atoms with Crippen molar-refractivity contribution in [3.8, 4) is 0 Å². The Balaban J connectivity index is 2.99. The van der Waals surface area contributed by atoms with Gasteiger partial charge in [0.05, 0.1) is 0 Å². The first-order valence-electron chi connectivity index (χ1n) is 3.28. The molecule has 0 saturated heterocycles. The van der Waals surface area contributed by atoms with Crippen LogP contribution in [0.15, 0.2) is 36.0 Å². The van der Waals surface area contributed by atoms with Crippen LogP contribution in [0.4, 0.5) is 0 Å². The van der Waals surface area contributed by atoms with E-state index in [9.17, 15) is 8.42 Å². The summed E-state index contributed by atoms with van der Waals surface area (Å²) in [7, 11) is -4.08. The Bertz CT molecular complexity index is 340. The average Bonchev–Trinajstić information content (AvgIpc) is 2.03. The molecule has 0 amide bonds. The van der Waals surface area contributed by atoms with Crippen LogP contribution in [0.3, 0.4) is 0 Å².